The maximum atomic E-state index is 10.3. The first kappa shape index (κ1) is 17.6. The largest absolute Gasteiger partial charge is 0.397 e. The monoisotopic (exact) mass is 237 g/mol. The maximum absolute atomic E-state index is 10.3. The topological polar surface area (TPSA) is 81.1 Å². The Balaban J connectivity index is 0. The summed E-state index contributed by atoms with van der Waals surface area (Å²) in [7, 11) is 0. The third-order valence-electron chi connectivity index (χ3n) is 1.62. The first-order valence-electron chi connectivity index (χ1n) is 5.75. The summed E-state index contributed by atoms with van der Waals surface area (Å²) in [6.45, 7) is 8.00. The zero-order valence-corrected chi connectivity index (χ0v) is 11.0. The molecule has 0 heterocycles. The SMILES string of the molecule is CC.CC.NN/C=C(\N)c1ccc(C=O)cc1. The van der Waals surface area contributed by atoms with E-state index in [4.69, 9.17) is 11.6 Å². The Labute approximate surface area is 104 Å². The molecule has 1 rings (SSSR count). The van der Waals surface area contributed by atoms with Crippen LogP contribution in [0, 0.1) is 0 Å². The number of carbonyl (C=O) groups excluding carboxylic acids is 1. The highest BCUT2D eigenvalue weighted by molar-refractivity contribution is 5.76. The lowest BCUT2D eigenvalue weighted by Crippen LogP contribution is -2.16. The van der Waals surface area contributed by atoms with Crippen molar-refractivity contribution in [1.29, 1.82) is 0 Å². The Hall–Kier alpha value is -1.81. The van der Waals surface area contributed by atoms with Gasteiger partial charge in [-0.3, -0.25) is 10.6 Å². The lowest BCUT2D eigenvalue weighted by atomic mass is 10.1. The zero-order chi connectivity index (χ0) is 13.7. The number of benzene rings is 1. The fourth-order valence-electron chi connectivity index (χ4n) is 0.927. The molecular formula is C13H23N3O. The number of carbonyl (C=O) groups is 1. The fourth-order valence-corrected chi connectivity index (χ4v) is 0.927. The van der Waals surface area contributed by atoms with Gasteiger partial charge in [-0.15, -0.1) is 0 Å². The minimum atomic E-state index is 0.528. The molecule has 1 aromatic rings. The van der Waals surface area contributed by atoms with Crippen molar-refractivity contribution < 1.29 is 4.79 Å². The van der Waals surface area contributed by atoms with E-state index in [-0.39, 0.29) is 0 Å². The van der Waals surface area contributed by atoms with Crippen molar-refractivity contribution in [1.82, 2.24) is 5.43 Å². The normalized spacial score (nSPS) is 9.12. The van der Waals surface area contributed by atoms with Crippen molar-refractivity contribution in [2.45, 2.75) is 27.7 Å². The molecule has 0 amide bonds. The number of nitrogens with one attached hydrogen (secondary N) is 1. The molecule has 0 fully saturated rings. The lowest BCUT2D eigenvalue weighted by Gasteiger charge is -2.01. The molecular weight excluding hydrogens is 214 g/mol. The number of rotatable bonds is 3. The van der Waals surface area contributed by atoms with Crippen molar-refractivity contribution in [2.24, 2.45) is 11.6 Å². The van der Waals surface area contributed by atoms with E-state index < -0.39 is 0 Å². The predicted molar refractivity (Wildman–Crippen MR) is 74.0 cm³/mol. The Bertz CT molecular complexity index is 318. The van der Waals surface area contributed by atoms with Crippen LogP contribution in [0.4, 0.5) is 0 Å². The van der Waals surface area contributed by atoms with Gasteiger partial charge in [-0.2, -0.15) is 0 Å². The molecule has 0 aliphatic rings. The summed E-state index contributed by atoms with van der Waals surface area (Å²) in [5, 5.41) is 0. The number of aldehydes is 1. The molecule has 0 radical (unpaired) electrons. The van der Waals surface area contributed by atoms with Gasteiger partial charge < -0.3 is 11.2 Å². The molecule has 0 saturated heterocycles. The zero-order valence-electron chi connectivity index (χ0n) is 11.0. The number of hydrazine groups is 1. The van der Waals surface area contributed by atoms with Crippen LogP contribution in [0.2, 0.25) is 0 Å². The molecule has 0 aliphatic carbocycles. The van der Waals surface area contributed by atoms with Crippen molar-refractivity contribution in [3.05, 3.63) is 41.6 Å². The van der Waals surface area contributed by atoms with Gasteiger partial charge in [0.1, 0.15) is 6.29 Å². The minimum Gasteiger partial charge on any atom is -0.397 e. The number of hydrogen-bond acceptors (Lipinski definition) is 4. The molecule has 0 spiro atoms. The summed E-state index contributed by atoms with van der Waals surface area (Å²) in [5.41, 5.74) is 9.94. The molecule has 0 aliphatic heterocycles. The molecule has 0 aromatic heterocycles. The standard InChI is InChI=1S/C9H11N3O.2C2H6/c10-9(5-12-11)8-3-1-7(6-13)2-4-8;2*1-2/h1-6,12H,10-11H2;2*1-2H3/b9-5-;;. The summed E-state index contributed by atoms with van der Waals surface area (Å²) in [6, 6.07) is 6.90. The Morgan fingerprint density at radius 1 is 1.12 bits per heavy atom. The molecule has 0 saturated carbocycles. The van der Waals surface area contributed by atoms with Gasteiger partial charge in [0.15, 0.2) is 0 Å². The van der Waals surface area contributed by atoms with E-state index in [0.717, 1.165) is 11.8 Å². The van der Waals surface area contributed by atoms with Gasteiger partial charge in [-0.1, -0.05) is 52.0 Å². The van der Waals surface area contributed by atoms with E-state index in [9.17, 15) is 4.79 Å². The summed E-state index contributed by atoms with van der Waals surface area (Å²) < 4.78 is 0. The van der Waals surface area contributed by atoms with E-state index in [1.165, 1.54) is 6.20 Å². The van der Waals surface area contributed by atoms with Crippen LogP contribution in [0.5, 0.6) is 0 Å². The molecule has 5 N–H and O–H groups in total. The van der Waals surface area contributed by atoms with E-state index in [1.54, 1.807) is 24.3 Å². The number of nitrogens with two attached hydrogens (primary N) is 2. The van der Waals surface area contributed by atoms with Gasteiger partial charge in [0.2, 0.25) is 0 Å². The van der Waals surface area contributed by atoms with E-state index in [2.05, 4.69) is 5.43 Å². The molecule has 17 heavy (non-hydrogen) atoms. The average molecular weight is 237 g/mol. The Morgan fingerprint density at radius 2 is 1.59 bits per heavy atom. The minimum absolute atomic E-state index is 0.528. The van der Waals surface area contributed by atoms with Crippen LogP contribution in [0.1, 0.15) is 43.6 Å². The molecule has 1 aromatic carbocycles. The second kappa shape index (κ2) is 12.3. The van der Waals surface area contributed by atoms with Crippen LogP contribution in [0.25, 0.3) is 5.70 Å². The van der Waals surface area contributed by atoms with Crippen LogP contribution >= 0.6 is 0 Å². The molecule has 0 bridgehead atoms. The summed E-state index contributed by atoms with van der Waals surface area (Å²) >= 11 is 0. The Morgan fingerprint density at radius 3 is 1.94 bits per heavy atom. The second-order valence-corrected chi connectivity index (χ2v) is 2.51. The smallest absolute Gasteiger partial charge is 0.150 e. The molecule has 0 atom stereocenters. The first-order valence-corrected chi connectivity index (χ1v) is 5.75. The van der Waals surface area contributed by atoms with Crippen molar-refractivity contribution in [3.63, 3.8) is 0 Å². The third-order valence-corrected chi connectivity index (χ3v) is 1.62. The van der Waals surface area contributed by atoms with Crippen molar-refractivity contribution >= 4 is 12.0 Å². The molecule has 4 nitrogen and oxygen atoms in total. The van der Waals surface area contributed by atoms with Crippen LogP contribution in [-0.4, -0.2) is 6.29 Å². The van der Waals surface area contributed by atoms with Gasteiger partial charge in [0.05, 0.1) is 5.70 Å². The third kappa shape index (κ3) is 7.14. The molecule has 4 heteroatoms. The lowest BCUT2D eigenvalue weighted by molar-refractivity contribution is 0.112. The first-order chi connectivity index (χ1) is 8.27. The summed E-state index contributed by atoms with van der Waals surface area (Å²) in [5.74, 6) is 5.06. The quantitative estimate of drug-likeness (QED) is 0.428. The van der Waals surface area contributed by atoms with Gasteiger partial charge in [-0.25, -0.2) is 0 Å². The maximum Gasteiger partial charge on any atom is 0.150 e. The Kier molecular flexibility index (Phi) is 12.7. The van der Waals surface area contributed by atoms with Gasteiger partial charge in [0, 0.05) is 11.8 Å². The van der Waals surface area contributed by atoms with Gasteiger partial charge in [0.25, 0.3) is 0 Å². The highest BCUT2D eigenvalue weighted by Gasteiger charge is 1.95. The predicted octanol–water partition coefficient (Wildman–Crippen LogP) is 2.27. The fraction of sp³-hybridized carbons (Fsp3) is 0.308. The van der Waals surface area contributed by atoms with Crippen LogP contribution < -0.4 is 17.0 Å². The highest BCUT2D eigenvalue weighted by Crippen LogP contribution is 2.08. The van der Waals surface area contributed by atoms with E-state index >= 15 is 0 Å². The van der Waals surface area contributed by atoms with Crippen LogP contribution in [0.3, 0.4) is 0 Å². The second-order valence-electron chi connectivity index (χ2n) is 2.51. The average Bonchev–Trinajstić information content (AvgIpc) is 2.43. The molecule has 0 unspecified atom stereocenters. The van der Waals surface area contributed by atoms with Crippen molar-refractivity contribution in [3.8, 4) is 0 Å². The van der Waals surface area contributed by atoms with Crippen LogP contribution in [0.15, 0.2) is 30.5 Å². The van der Waals surface area contributed by atoms with Crippen LogP contribution in [-0.2, 0) is 0 Å². The number of hydrogen-bond donors (Lipinski definition) is 3. The van der Waals surface area contributed by atoms with Crippen molar-refractivity contribution in [2.75, 3.05) is 0 Å². The summed E-state index contributed by atoms with van der Waals surface area (Å²) in [6.07, 6.45) is 2.26. The van der Waals surface area contributed by atoms with Gasteiger partial charge >= 0.3 is 0 Å². The van der Waals surface area contributed by atoms with E-state index in [1.807, 2.05) is 27.7 Å². The highest BCUT2D eigenvalue weighted by atomic mass is 16.1. The molecule has 96 valence electrons. The van der Waals surface area contributed by atoms with E-state index in [0.29, 0.717) is 11.3 Å². The van der Waals surface area contributed by atoms with Gasteiger partial charge in [-0.05, 0) is 5.56 Å². The summed E-state index contributed by atoms with van der Waals surface area (Å²) in [4.78, 5) is 10.3.